The first-order chi connectivity index (χ1) is 13.6. The molecule has 2 atom stereocenters. The molecule has 2 heterocycles. The zero-order valence-corrected chi connectivity index (χ0v) is 17.1. The van der Waals surface area contributed by atoms with Gasteiger partial charge < -0.3 is 10.1 Å². The first-order valence-electron chi connectivity index (χ1n) is 9.33. The van der Waals surface area contributed by atoms with Crippen molar-refractivity contribution in [3.63, 3.8) is 0 Å². The Morgan fingerprint density at radius 1 is 1.31 bits per heavy atom. The largest absolute Gasteiger partial charge is 0.448 e. The number of nitrogens with zero attached hydrogens (tertiary/aromatic N) is 2. The van der Waals surface area contributed by atoms with Crippen molar-refractivity contribution < 1.29 is 27.5 Å². The molecule has 0 bridgehead atoms. The van der Waals surface area contributed by atoms with Crippen LogP contribution in [0.2, 0.25) is 0 Å². The van der Waals surface area contributed by atoms with Crippen molar-refractivity contribution in [2.24, 2.45) is 5.10 Å². The Kier molecular flexibility index (Phi) is 6.02. The van der Waals surface area contributed by atoms with Crippen molar-refractivity contribution in [1.29, 1.82) is 0 Å². The Morgan fingerprint density at radius 2 is 2.07 bits per heavy atom. The van der Waals surface area contributed by atoms with E-state index in [4.69, 9.17) is 4.74 Å². The van der Waals surface area contributed by atoms with E-state index in [0.717, 1.165) is 10.6 Å². The number of benzene rings is 1. The second-order valence-electron chi connectivity index (χ2n) is 7.25. The van der Waals surface area contributed by atoms with E-state index >= 15 is 0 Å². The van der Waals surface area contributed by atoms with Gasteiger partial charge in [0.2, 0.25) is 5.91 Å². The molecule has 1 aromatic rings. The lowest BCUT2D eigenvalue weighted by Gasteiger charge is -2.27. The summed E-state index contributed by atoms with van der Waals surface area (Å²) in [6.45, 7) is 3.34. The second-order valence-corrected chi connectivity index (χ2v) is 9.48. The van der Waals surface area contributed by atoms with E-state index in [0.29, 0.717) is 5.69 Å². The topological polar surface area (TPSA) is 122 Å². The lowest BCUT2D eigenvalue weighted by Crippen LogP contribution is -2.42. The number of anilines is 1. The number of rotatable bonds is 5. The maximum Gasteiger partial charge on any atom is 0.355 e. The minimum absolute atomic E-state index is 0.00380. The molecular formula is C19H23N3O6S. The highest BCUT2D eigenvalue weighted by Gasteiger charge is 2.37. The minimum atomic E-state index is -3.20. The van der Waals surface area contributed by atoms with Gasteiger partial charge in [0.1, 0.15) is 5.71 Å². The Morgan fingerprint density at radius 3 is 2.72 bits per heavy atom. The van der Waals surface area contributed by atoms with Crippen LogP contribution in [-0.4, -0.2) is 60.6 Å². The molecule has 1 aromatic carbocycles. The van der Waals surface area contributed by atoms with Crippen LogP contribution in [0.5, 0.6) is 0 Å². The van der Waals surface area contributed by atoms with Gasteiger partial charge in [0.25, 0.3) is 5.91 Å². The van der Waals surface area contributed by atoms with Crippen LogP contribution in [0.15, 0.2) is 29.4 Å². The van der Waals surface area contributed by atoms with E-state index in [9.17, 15) is 22.8 Å². The number of esters is 1. The maximum absolute atomic E-state index is 12.4. The first kappa shape index (κ1) is 21.0. The molecule has 2 aliphatic heterocycles. The fraction of sp³-hybridized carbons (Fsp3) is 0.474. The van der Waals surface area contributed by atoms with Crippen LogP contribution in [0.4, 0.5) is 5.69 Å². The summed E-state index contributed by atoms with van der Waals surface area (Å²) in [7, 11) is -3.20. The number of ether oxygens (including phenoxy) is 1. The third-order valence-corrected chi connectivity index (χ3v) is 6.54. The van der Waals surface area contributed by atoms with E-state index in [2.05, 4.69) is 10.4 Å². The summed E-state index contributed by atoms with van der Waals surface area (Å²) in [6, 6.07) is 6.63. The first-order valence-corrected chi connectivity index (χ1v) is 11.2. The van der Waals surface area contributed by atoms with Gasteiger partial charge in [0, 0.05) is 18.5 Å². The van der Waals surface area contributed by atoms with Crippen molar-refractivity contribution in [2.45, 2.75) is 45.3 Å². The summed E-state index contributed by atoms with van der Waals surface area (Å²) in [4.78, 5) is 36.8. The quantitative estimate of drug-likeness (QED) is 0.709. The van der Waals surface area contributed by atoms with Gasteiger partial charge in [-0.1, -0.05) is 12.1 Å². The SMILES string of the molecule is Cc1cccc(NC(=O)C(C)OC(=O)C2=NN(C3CCS(=O)(=O)C3)C(=O)CC2)c1. The van der Waals surface area contributed by atoms with Crippen LogP contribution < -0.4 is 5.32 Å². The summed E-state index contributed by atoms with van der Waals surface area (Å²) in [6.07, 6.45) is -0.660. The lowest BCUT2D eigenvalue weighted by atomic mass is 10.1. The number of amides is 2. The maximum atomic E-state index is 12.4. The number of aryl methyl sites for hydroxylation is 1. The van der Waals surface area contributed by atoms with Gasteiger partial charge in [-0.2, -0.15) is 5.10 Å². The molecular weight excluding hydrogens is 398 g/mol. The van der Waals surface area contributed by atoms with E-state index in [1.165, 1.54) is 6.92 Å². The number of hydrazone groups is 1. The van der Waals surface area contributed by atoms with Crippen molar-refractivity contribution in [2.75, 3.05) is 16.8 Å². The van der Waals surface area contributed by atoms with Gasteiger partial charge in [-0.3, -0.25) is 9.59 Å². The van der Waals surface area contributed by atoms with E-state index < -0.39 is 33.9 Å². The zero-order valence-electron chi connectivity index (χ0n) is 16.3. The van der Waals surface area contributed by atoms with E-state index in [-0.39, 0.29) is 42.4 Å². The molecule has 1 fully saturated rings. The Hall–Kier alpha value is -2.75. The van der Waals surface area contributed by atoms with Gasteiger partial charge in [-0.15, -0.1) is 0 Å². The zero-order chi connectivity index (χ0) is 21.2. The molecule has 156 valence electrons. The molecule has 3 rings (SSSR count). The van der Waals surface area contributed by atoms with Gasteiger partial charge in [0.05, 0.1) is 17.5 Å². The molecule has 0 saturated carbocycles. The number of hydrogen-bond donors (Lipinski definition) is 1. The molecule has 1 saturated heterocycles. The second kappa shape index (κ2) is 8.32. The molecule has 2 aliphatic rings. The molecule has 29 heavy (non-hydrogen) atoms. The van der Waals surface area contributed by atoms with Crippen molar-refractivity contribution >= 4 is 39.0 Å². The smallest absolute Gasteiger partial charge is 0.355 e. The minimum Gasteiger partial charge on any atom is -0.448 e. The number of nitrogens with one attached hydrogen (secondary N) is 1. The van der Waals surface area contributed by atoms with Gasteiger partial charge in [0.15, 0.2) is 15.9 Å². The Bertz CT molecular complexity index is 972. The molecule has 0 radical (unpaired) electrons. The molecule has 1 N–H and O–H groups in total. The predicted molar refractivity (Wildman–Crippen MR) is 106 cm³/mol. The normalized spacial score (nSPS) is 22.0. The van der Waals surface area contributed by atoms with Crippen LogP contribution in [0, 0.1) is 6.92 Å². The molecule has 0 aromatic heterocycles. The van der Waals surface area contributed by atoms with Crippen molar-refractivity contribution in [3.05, 3.63) is 29.8 Å². The average molecular weight is 421 g/mol. The molecule has 9 nitrogen and oxygen atoms in total. The fourth-order valence-electron chi connectivity index (χ4n) is 3.22. The fourth-order valence-corrected chi connectivity index (χ4v) is 4.91. The summed E-state index contributed by atoms with van der Waals surface area (Å²) < 4.78 is 28.6. The average Bonchev–Trinajstić information content (AvgIpc) is 3.01. The third kappa shape index (κ3) is 5.20. The predicted octanol–water partition coefficient (Wildman–Crippen LogP) is 1.03. The molecule has 2 unspecified atom stereocenters. The standard InChI is InChI=1S/C19H23N3O6S/c1-12-4-3-5-14(10-12)20-18(24)13(2)28-19(25)16-6-7-17(23)22(21-16)15-8-9-29(26,27)11-15/h3-5,10,13,15H,6-9,11H2,1-2H3,(H,20,24). The van der Waals surface area contributed by atoms with E-state index in [1.807, 2.05) is 13.0 Å². The molecule has 10 heteroatoms. The van der Waals surface area contributed by atoms with Crippen molar-refractivity contribution in [3.8, 4) is 0 Å². The Labute approximate surface area is 169 Å². The van der Waals surface area contributed by atoms with Crippen LogP contribution in [0.3, 0.4) is 0 Å². The molecule has 2 amide bonds. The van der Waals surface area contributed by atoms with Gasteiger partial charge >= 0.3 is 5.97 Å². The number of carbonyl (C=O) groups is 3. The van der Waals surface area contributed by atoms with Gasteiger partial charge in [-0.05, 0) is 38.0 Å². The van der Waals surface area contributed by atoms with Crippen LogP contribution in [0.1, 0.15) is 31.7 Å². The van der Waals surface area contributed by atoms with Crippen LogP contribution in [-0.2, 0) is 29.0 Å². The monoisotopic (exact) mass is 421 g/mol. The highest BCUT2D eigenvalue weighted by atomic mass is 32.2. The summed E-state index contributed by atoms with van der Waals surface area (Å²) in [5.41, 5.74) is 1.57. The highest BCUT2D eigenvalue weighted by Crippen LogP contribution is 2.22. The highest BCUT2D eigenvalue weighted by molar-refractivity contribution is 7.91. The van der Waals surface area contributed by atoms with Crippen LogP contribution >= 0.6 is 0 Å². The summed E-state index contributed by atoms with van der Waals surface area (Å²) in [5, 5.41) is 7.81. The van der Waals surface area contributed by atoms with Crippen LogP contribution in [0.25, 0.3) is 0 Å². The van der Waals surface area contributed by atoms with Crippen molar-refractivity contribution in [1.82, 2.24) is 5.01 Å². The van der Waals surface area contributed by atoms with Gasteiger partial charge in [-0.25, -0.2) is 18.2 Å². The summed E-state index contributed by atoms with van der Waals surface area (Å²) in [5.74, 6) is -1.79. The molecule has 0 spiro atoms. The molecule has 0 aliphatic carbocycles. The Balaban J connectivity index is 1.63. The summed E-state index contributed by atoms with van der Waals surface area (Å²) >= 11 is 0. The number of carbonyl (C=O) groups excluding carboxylic acids is 3. The third-order valence-electron chi connectivity index (χ3n) is 4.79. The number of hydrogen-bond acceptors (Lipinski definition) is 7. The van der Waals surface area contributed by atoms with E-state index in [1.54, 1.807) is 18.2 Å². The lowest BCUT2D eigenvalue weighted by molar-refractivity contribution is -0.147. The number of sulfone groups is 1.